The Labute approximate surface area is 210 Å². The molecule has 1 aliphatic carbocycles. The van der Waals surface area contributed by atoms with E-state index in [4.69, 9.17) is 0 Å². The fourth-order valence-electron chi connectivity index (χ4n) is 4.80. The quantitative estimate of drug-likeness (QED) is 0.340. The Kier molecular flexibility index (Phi) is 6.75. The number of nitrogens with zero attached hydrogens (tertiary/aromatic N) is 4. The average molecular weight is 512 g/mol. The first-order chi connectivity index (χ1) is 17.0. The van der Waals surface area contributed by atoms with Crippen LogP contribution >= 0.6 is 22.7 Å². The van der Waals surface area contributed by atoms with Crippen LogP contribution in [0.3, 0.4) is 0 Å². The van der Waals surface area contributed by atoms with Crippen molar-refractivity contribution in [1.29, 1.82) is 0 Å². The number of hydrogen-bond donors (Lipinski definition) is 1. The van der Waals surface area contributed by atoms with E-state index in [9.17, 15) is 14.0 Å². The van der Waals surface area contributed by atoms with Crippen molar-refractivity contribution in [1.82, 2.24) is 19.7 Å². The van der Waals surface area contributed by atoms with Crippen molar-refractivity contribution >= 4 is 43.9 Å². The van der Waals surface area contributed by atoms with E-state index < -0.39 is 6.04 Å². The Balaban J connectivity index is 1.45. The smallest absolute Gasteiger partial charge is 0.263 e. The molecule has 0 aliphatic heterocycles. The Morgan fingerprint density at radius 1 is 1.17 bits per heavy atom. The van der Waals surface area contributed by atoms with E-state index in [1.54, 1.807) is 12.1 Å². The van der Waals surface area contributed by atoms with Gasteiger partial charge in [0.1, 0.15) is 21.7 Å². The number of fused-ring (bicyclic) bond motifs is 1. The molecule has 1 unspecified atom stereocenters. The lowest BCUT2D eigenvalue weighted by molar-refractivity contribution is -0.119. The fourth-order valence-corrected chi connectivity index (χ4v) is 6.72. The summed E-state index contributed by atoms with van der Waals surface area (Å²) >= 11 is 2.83. The first-order valence-electron chi connectivity index (χ1n) is 11.9. The zero-order valence-electron chi connectivity index (χ0n) is 19.6. The number of amides is 1. The molecule has 3 aromatic heterocycles. The first kappa shape index (κ1) is 23.7. The van der Waals surface area contributed by atoms with Gasteiger partial charge in [-0.15, -0.1) is 21.5 Å². The summed E-state index contributed by atoms with van der Waals surface area (Å²) < 4.78 is 14.9. The molecule has 10 heteroatoms. The number of anilines is 1. The molecule has 1 aliphatic rings. The molecular weight excluding hydrogens is 485 g/mol. The number of halogens is 1. The van der Waals surface area contributed by atoms with Crippen LogP contribution in [0.2, 0.25) is 0 Å². The lowest BCUT2D eigenvalue weighted by Gasteiger charge is -2.18. The van der Waals surface area contributed by atoms with Gasteiger partial charge in [0.2, 0.25) is 11.0 Å². The Hall–Kier alpha value is -2.98. The van der Waals surface area contributed by atoms with Crippen LogP contribution in [-0.2, 0) is 4.79 Å². The maximum absolute atomic E-state index is 13.6. The van der Waals surface area contributed by atoms with E-state index in [1.165, 1.54) is 65.0 Å². The summed E-state index contributed by atoms with van der Waals surface area (Å²) in [5.41, 5.74) is 1.18. The molecule has 0 saturated heterocycles. The molecule has 1 aromatic carbocycles. The average Bonchev–Trinajstić information content (AvgIpc) is 3.46. The van der Waals surface area contributed by atoms with Crippen molar-refractivity contribution in [3.8, 4) is 11.1 Å². The monoisotopic (exact) mass is 511 g/mol. The molecule has 0 radical (unpaired) electrons. The summed E-state index contributed by atoms with van der Waals surface area (Å²) in [6, 6.07) is 5.31. The number of nitrogens with one attached hydrogen (secondary N) is 1. The van der Waals surface area contributed by atoms with E-state index in [2.05, 4.69) is 20.5 Å². The molecule has 182 valence electrons. The number of thiophene rings is 1. The van der Waals surface area contributed by atoms with E-state index in [-0.39, 0.29) is 17.3 Å². The first-order valence-corrected chi connectivity index (χ1v) is 13.5. The third-order valence-electron chi connectivity index (χ3n) is 6.60. The number of aromatic nitrogens is 4. The minimum Gasteiger partial charge on any atom is -0.299 e. The third kappa shape index (κ3) is 4.64. The molecule has 7 nitrogen and oxygen atoms in total. The van der Waals surface area contributed by atoms with Gasteiger partial charge in [-0.2, -0.15) is 0 Å². The Morgan fingerprint density at radius 2 is 1.91 bits per heavy atom. The minimum absolute atomic E-state index is 0.291. The molecule has 1 N–H and O–H groups in total. The highest BCUT2D eigenvalue weighted by atomic mass is 32.1. The minimum atomic E-state index is -0.747. The summed E-state index contributed by atoms with van der Waals surface area (Å²) in [4.78, 5) is 32.8. The second-order valence-electron chi connectivity index (χ2n) is 8.87. The Bertz CT molecular complexity index is 1420. The highest BCUT2D eigenvalue weighted by Gasteiger charge is 2.26. The molecule has 35 heavy (non-hydrogen) atoms. The predicted molar refractivity (Wildman–Crippen MR) is 138 cm³/mol. The van der Waals surface area contributed by atoms with Crippen LogP contribution in [0.4, 0.5) is 9.52 Å². The van der Waals surface area contributed by atoms with E-state index in [1.807, 2.05) is 13.8 Å². The zero-order valence-corrected chi connectivity index (χ0v) is 21.2. The molecule has 1 fully saturated rings. The normalized spacial score (nSPS) is 15.4. The van der Waals surface area contributed by atoms with Gasteiger partial charge in [0.15, 0.2) is 0 Å². The maximum atomic E-state index is 13.6. The third-order valence-corrected chi connectivity index (χ3v) is 8.61. The molecule has 0 spiro atoms. The largest absolute Gasteiger partial charge is 0.299 e. The van der Waals surface area contributed by atoms with Crippen LogP contribution in [-0.4, -0.2) is 25.7 Å². The molecule has 3 heterocycles. The van der Waals surface area contributed by atoms with Crippen LogP contribution in [0.15, 0.2) is 35.4 Å². The highest BCUT2D eigenvalue weighted by Crippen LogP contribution is 2.37. The SMILES string of the molecule is CCC(C(=O)Nc1nnc(C2CCCCC2)s1)n1cnc2sc(C)c(-c3ccc(F)cc3)c2c1=O. The lowest BCUT2D eigenvalue weighted by Crippen LogP contribution is -2.33. The van der Waals surface area contributed by atoms with Crippen molar-refractivity contribution in [2.75, 3.05) is 5.32 Å². The van der Waals surface area contributed by atoms with Gasteiger partial charge in [-0.1, -0.05) is 49.7 Å². The molecule has 5 rings (SSSR count). The van der Waals surface area contributed by atoms with Crippen LogP contribution in [0.25, 0.3) is 21.3 Å². The van der Waals surface area contributed by atoms with E-state index in [0.29, 0.717) is 27.7 Å². The maximum Gasteiger partial charge on any atom is 0.263 e. The second kappa shape index (κ2) is 9.94. The van der Waals surface area contributed by atoms with Gasteiger partial charge in [0.05, 0.1) is 11.7 Å². The van der Waals surface area contributed by atoms with Crippen molar-refractivity contribution in [2.24, 2.45) is 0 Å². The van der Waals surface area contributed by atoms with Crippen molar-refractivity contribution in [2.45, 2.75) is 64.3 Å². The predicted octanol–water partition coefficient (Wildman–Crippen LogP) is 6.06. The van der Waals surface area contributed by atoms with Crippen molar-refractivity contribution in [3.63, 3.8) is 0 Å². The molecule has 1 saturated carbocycles. The molecule has 1 amide bonds. The molecular formula is C25H26FN5O2S2. The Morgan fingerprint density at radius 3 is 2.63 bits per heavy atom. The van der Waals surface area contributed by atoms with Gasteiger partial charge < -0.3 is 0 Å². The second-order valence-corrected chi connectivity index (χ2v) is 11.1. The number of rotatable bonds is 6. The highest BCUT2D eigenvalue weighted by molar-refractivity contribution is 7.19. The van der Waals surface area contributed by atoms with Gasteiger partial charge >= 0.3 is 0 Å². The fraction of sp³-hybridized carbons (Fsp3) is 0.400. The number of benzene rings is 1. The number of carbonyl (C=O) groups excluding carboxylic acids is 1. The van der Waals surface area contributed by atoms with Gasteiger partial charge in [-0.3, -0.25) is 19.5 Å². The number of hydrogen-bond acceptors (Lipinski definition) is 7. The van der Waals surface area contributed by atoms with Crippen molar-refractivity contribution in [3.05, 3.63) is 56.6 Å². The number of carbonyl (C=O) groups is 1. The van der Waals surface area contributed by atoms with Crippen molar-refractivity contribution < 1.29 is 9.18 Å². The number of aryl methyl sites for hydroxylation is 1. The summed E-state index contributed by atoms with van der Waals surface area (Å²) in [5.74, 6) is -0.250. The van der Waals surface area contributed by atoms with Crippen LogP contribution in [0.1, 0.15) is 67.3 Å². The van der Waals surface area contributed by atoms with Gasteiger partial charge in [0.25, 0.3) is 5.56 Å². The molecule has 0 bridgehead atoms. The summed E-state index contributed by atoms with van der Waals surface area (Å²) in [5, 5.41) is 13.2. The molecule has 1 atom stereocenters. The van der Waals surface area contributed by atoms with Gasteiger partial charge in [-0.05, 0) is 43.9 Å². The van der Waals surface area contributed by atoms with Gasteiger partial charge in [0, 0.05) is 16.4 Å². The van der Waals surface area contributed by atoms with Crippen LogP contribution in [0, 0.1) is 12.7 Å². The summed E-state index contributed by atoms with van der Waals surface area (Å²) in [7, 11) is 0. The molecule has 4 aromatic rings. The van der Waals surface area contributed by atoms with E-state index >= 15 is 0 Å². The summed E-state index contributed by atoms with van der Waals surface area (Å²) in [6.07, 6.45) is 7.72. The van der Waals surface area contributed by atoms with Gasteiger partial charge in [-0.25, -0.2) is 9.37 Å². The summed E-state index contributed by atoms with van der Waals surface area (Å²) in [6.45, 7) is 3.77. The topological polar surface area (TPSA) is 89.8 Å². The van der Waals surface area contributed by atoms with E-state index in [0.717, 1.165) is 33.9 Å². The standard InChI is InChI=1S/C25H26FN5O2S2/c1-3-18(21(32)28-25-30-29-22(35-25)16-7-5-4-6-8-16)31-13-27-23-20(24(31)33)19(14(2)34-23)15-9-11-17(26)12-10-15/h9-13,16,18H,3-8H2,1-2H3,(H,28,30,32). The van der Waals surface area contributed by atoms with Crippen LogP contribution < -0.4 is 10.9 Å². The zero-order chi connectivity index (χ0) is 24.5. The van der Waals surface area contributed by atoms with Crippen LogP contribution in [0.5, 0.6) is 0 Å². The lowest BCUT2D eigenvalue weighted by atomic mass is 9.90.